The zero-order valence-electron chi connectivity index (χ0n) is 13.9. The third-order valence-corrected chi connectivity index (χ3v) is 5.11. The smallest absolute Gasteiger partial charge is 0.241 e. The molecule has 1 unspecified atom stereocenters. The lowest BCUT2D eigenvalue weighted by atomic mass is 10.1. The number of thiophene rings is 1. The van der Waals surface area contributed by atoms with E-state index in [2.05, 4.69) is 20.0 Å². The van der Waals surface area contributed by atoms with Crippen LogP contribution in [-0.2, 0) is 17.9 Å². The van der Waals surface area contributed by atoms with Gasteiger partial charge in [0.15, 0.2) is 0 Å². The maximum absolute atomic E-state index is 6.05. The number of pyridine rings is 1. The maximum Gasteiger partial charge on any atom is 0.241 e. The molecule has 1 fully saturated rings. The number of hydrogen-bond donors (Lipinski definition) is 0. The van der Waals surface area contributed by atoms with Gasteiger partial charge in [0.1, 0.15) is 0 Å². The summed E-state index contributed by atoms with van der Waals surface area (Å²) in [4.78, 5) is 12.0. The molecule has 7 heteroatoms. The molecule has 1 atom stereocenters. The molecule has 0 bridgehead atoms. The predicted molar refractivity (Wildman–Crippen MR) is 94.9 cm³/mol. The van der Waals surface area contributed by atoms with E-state index < -0.39 is 0 Å². The Morgan fingerprint density at radius 1 is 1.32 bits per heavy atom. The van der Waals surface area contributed by atoms with Gasteiger partial charge in [-0.3, -0.25) is 9.88 Å². The summed E-state index contributed by atoms with van der Waals surface area (Å²) in [6.45, 7) is 3.20. The number of hydrogen-bond acceptors (Lipinski definition) is 7. The normalized spacial score (nSPS) is 18.5. The number of likely N-dealkylation sites (tertiary alicyclic amines) is 1. The van der Waals surface area contributed by atoms with Gasteiger partial charge < -0.3 is 9.26 Å². The van der Waals surface area contributed by atoms with Gasteiger partial charge in [-0.2, -0.15) is 4.98 Å². The van der Waals surface area contributed by atoms with Gasteiger partial charge in [0, 0.05) is 18.9 Å². The second-order valence-corrected chi connectivity index (χ2v) is 7.11. The maximum atomic E-state index is 6.05. The summed E-state index contributed by atoms with van der Waals surface area (Å²) >= 11 is 1.62. The second-order valence-electron chi connectivity index (χ2n) is 6.16. The average Bonchev–Trinajstić information content (AvgIpc) is 3.33. The van der Waals surface area contributed by atoms with E-state index in [0.717, 1.165) is 36.4 Å². The minimum absolute atomic E-state index is 0.230. The Kier molecular flexibility index (Phi) is 5.15. The van der Waals surface area contributed by atoms with E-state index in [1.54, 1.807) is 17.5 Å². The molecule has 130 valence electrons. The molecule has 3 aromatic rings. The molecular weight excluding hydrogens is 336 g/mol. The van der Waals surface area contributed by atoms with Crippen LogP contribution in [0.5, 0.6) is 0 Å². The van der Waals surface area contributed by atoms with Crippen LogP contribution in [-0.4, -0.2) is 39.2 Å². The third kappa shape index (κ3) is 4.31. The first-order valence-electron chi connectivity index (χ1n) is 8.46. The van der Waals surface area contributed by atoms with E-state index in [1.165, 1.54) is 0 Å². The van der Waals surface area contributed by atoms with Crippen LogP contribution in [0.3, 0.4) is 0 Å². The summed E-state index contributed by atoms with van der Waals surface area (Å²) in [6.07, 6.45) is 6.06. The Morgan fingerprint density at radius 3 is 3.16 bits per heavy atom. The van der Waals surface area contributed by atoms with E-state index >= 15 is 0 Å². The topological polar surface area (TPSA) is 64.3 Å². The molecule has 1 saturated heterocycles. The van der Waals surface area contributed by atoms with Gasteiger partial charge in [-0.25, -0.2) is 0 Å². The van der Waals surface area contributed by atoms with Gasteiger partial charge in [0.05, 0.1) is 24.1 Å². The molecule has 0 saturated carbocycles. The van der Waals surface area contributed by atoms with Crippen LogP contribution < -0.4 is 0 Å². The van der Waals surface area contributed by atoms with Crippen LogP contribution in [0.4, 0.5) is 0 Å². The molecule has 0 aromatic carbocycles. The first kappa shape index (κ1) is 16.4. The van der Waals surface area contributed by atoms with Crippen LogP contribution in [0.1, 0.15) is 24.3 Å². The van der Waals surface area contributed by atoms with Crippen molar-refractivity contribution in [1.82, 2.24) is 20.0 Å². The van der Waals surface area contributed by atoms with Crippen LogP contribution in [0.25, 0.3) is 10.7 Å². The Hall–Kier alpha value is -2.09. The SMILES string of the molecule is c1cncc(COC2CCCN(Cc3nc(-c4cccs4)no3)C2)c1. The van der Waals surface area contributed by atoms with Crippen LogP contribution in [0.15, 0.2) is 46.6 Å². The minimum atomic E-state index is 0.230. The van der Waals surface area contributed by atoms with E-state index in [1.807, 2.05) is 35.8 Å². The average molecular weight is 356 g/mol. The molecule has 0 radical (unpaired) electrons. The molecule has 0 N–H and O–H groups in total. The van der Waals surface area contributed by atoms with Gasteiger partial charge in [0.25, 0.3) is 0 Å². The fraction of sp³-hybridized carbons (Fsp3) is 0.389. The van der Waals surface area contributed by atoms with E-state index in [4.69, 9.17) is 9.26 Å². The largest absolute Gasteiger partial charge is 0.372 e. The highest BCUT2D eigenvalue weighted by Crippen LogP contribution is 2.22. The lowest BCUT2D eigenvalue weighted by molar-refractivity contribution is -0.0142. The number of piperidine rings is 1. The Bertz CT molecular complexity index is 775. The Morgan fingerprint density at radius 2 is 2.32 bits per heavy atom. The van der Waals surface area contributed by atoms with Crippen molar-refractivity contribution in [3.8, 4) is 10.7 Å². The van der Waals surface area contributed by atoms with Gasteiger partial charge in [-0.1, -0.05) is 17.3 Å². The lowest BCUT2D eigenvalue weighted by Gasteiger charge is -2.31. The van der Waals surface area contributed by atoms with E-state index in [-0.39, 0.29) is 6.10 Å². The Balaban J connectivity index is 1.31. The van der Waals surface area contributed by atoms with Gasteiger partial charge in [0.2, 0.25) is 11.7 Å². The summed E-state index contributed by atoms with van der Waals surface area (Å²) in [5.41, 5.74) is 1.11. The van der Waals surface area contributed by atoms with Crippen molar-refractivity contribution in [3.63, 3.8) is 0 Å². The number of rotatable bonds is 6. The van der Waals surface area contributed by atoms with Gasteiger partial charge in [-0.15, -0.1) is 11.3 Å². The van der Waals surface area contributed by atoms with E-state index in [0.29, 0.717) is 24.9 Å². The summed E-state index contributed by atoms with van der Waals surface area (Å²) in [6, 6.07) is 7.97. The lowest BCUT2D eigenvalue weighted by Crippen LogP contribution is -2.39. The molecular formula is C18H20N4O2S. The van der Waals surface area contributed by atoms with Crippen LogP contribution in [0, 0.1) is 0 Å². The molecule has 6 nitrogen and oxygen atoms in total. The molecule has 3 aromatic heterocycles. The van der Waals surface area contributed by atoms with Crippen LogP contribution in [0.2, 0.25) is 0 Å². The van der Waals surface area contributed by atoms with E-state index in [9.17, 15) is 0 Å². The molecule has 0 spiro atoms. The fourth-order valence-electron chi connectivity index (χ4n) is 3.01. The predicted octanol–water partition coefficient (Wildman–Crippen LogP) is 3.37. The summed E-state index contributed by atoms with van der Waals surface area (Å²) in [5.74, 6) is 1.34. The van der Waals surface area contributed by atoms with Crippen molar-refractivity contribution in [1.29, 1.82) is 0 Å². The second kappa shape index (κ2) is 7.86. The molecule has 0 aliphatic carbocycles. The Labute approximate surface area is 150 Å². The molecule has 4 rings (SSSR count). The molecule has 1 aliphatic rings. The summed E-state index contributed by atoms with van der Waals surface area (Å²) < 4.78 is 11.5. The first-order valence-corrected chi connectivity index (χ1v) is 9.34. The minimum Gasteiger partial charge on any atom is -0.372 e. The third-order valence-electron chi connectivity index (χ3n) is 4.24. The summed E-state index contributed by atoms with van der Waals surface area (Å²) in [7, 11) is 0. The number of aromatic nitrogens is 3. The highest BCUT2D eigenvalue weighted by molar-refractivity contribution is 7.13. The highest BCUT2D eigenvalue weighted by Gasteiger charge is 2.22. The number of nitrogens with zero attached hydrogens (tertiary/aromatic N) is 4. The van der Waals surface area contributed by atoms with Crippen molar-refractivity contribution in [2.45, 2.75) is 32.1 Å². The highest BCUT2D eigenvalue weighted by atomic mass is 32.1. The van der Waals surface area contributed by atoms with Gasteiger partial charge in [-0.05, 0) is 42.5 Å². The monoisotopic (exact) mass is 356 g/mol. The van der Waals surface area contributed by atoms with Gasteiger partial charge >= 0.3 is 0 Å². The van der Waals surface area contributed by atoms with Crippen molar-refractivity contribution >= 4 is 11.3 Å². The van der Waals surface area contributed by atoms with Crippen molar-refractivity contribution in [2.75, 3.05) is 13.1 Å². The zero-order chi connectivity index (χ0) is 16.9. The summed E-state index contributed by atoms with van der Waals surface area (Å²) in [5, 5.41) is 6.09. The molecule has 4 heterocycles. The zero-order valence-corrected chi connectivity index (χ0v) is 14.7. The standard InChI is InChI=1S/C18H20N4O2S/c1-4-14(10-19-7-1)13-23-15-5-2-8-22(11-15)12-17-20-18(21-24-17)16-6-3-9-25-16/h1,3-4,6-7,9-10,15H,2,5,8,11-13H2. The van der Waals surface area contributed by atoms with Crippen molar-refractivity contribution < 1.29 is 9.26 Å². The molecule has 25 heavy (non-hydrogen) atoms. The van der Waals surface area contributed by atoms with Crippen LogP contribution >= 0.6 is 11.3 Å². The molecule has 1 aliphatic heterocycles. The molecule has 0 amide bonds. The quantitative estimate of drug-likeness (QED) is 0.675. The fourth-order valence-corrected chi connectivity index (χ4v) is 3.66. The van der Waals surface area contributed by atoms with Crippen molar-refractivity contribution in [2.24, 2.45) is 0 Å². The number of ether oxygens (including phenoxy) is 1. The first-order chi connectivity index (χ1) is 12.4. The van der Waals surface area contributed by atoms with Crippen molar-refractivity contribution in [3.05, 3.63) is 53.5 Å².